The zero-order valence-electron chi connectivity index (χ0n) is 26.8. The maximum atomic E-state index is 13.4. The molecule has 42 heavy (non-hydrogen) atoms. The third-order valence-electron chi connectivity index (χ3n) is 7.95. The molecule has 2 aliphatic rings. The summed E-state index contributed by atoms with van der Waals surface area (Å²) in [6.07, 6.45) is 1.44. The number of carbonyl (C=O) groups is 2. The summed E-state index contributed by atoms with van der Waals surface area (Å²) < 4.78 is 35.7. The van der Waals surface area contributed by atoms with Crippen LogP contribution in [0.5, 0.6) is 0 Å². The number of amides is 2. The second-order valence-electron chi connectivity index (χ2n) is 12.2. The molecule has 2 fully saturated rings. The number of hydrogen-bond donors (Lipinski definition) is 2. The van der Waals surface area contributed by atoms with Crippen LogP contribution in [-0.2, 0) is 27.2 Å². The molecule has 0 aromatic heterocycles. The smallest absolute Gasteiger partial charge is 0.411 e. The Morgan fingerprint density at radius 2 is 1.33 bits per heavy atom. The van der Waals surface area contributed by atoms with Crippen LogP contribution in [-0.4, -0.2) is 120 Å². The molecule has 0 aliphatic carbocycles. The maximum absolute atomic E-state index is 13.4. The van der Waals surface area contributed by atoms with Gasteiger partial charge in [-0.05, 0) is 78.6 Å². The first-order valence-corrected chi connectivity index (χ1v) is 20.6. The van der Waals surface area contributed by atoms with E-state index in [4.69, 9.17) is 27.2 Å². The van der Waals surface area contributed by atoms with Crippen molar-refractivity contribution in [2.24, 2.45) is 5.92 Å². The molecule has 14 heteroatoms. The van der Waals surface area contributed by atoms with Crippen LogP contribution in [0.25, 0.3) is 0 Å². The molecule has 0 saturated carbocycles. The molecule has 2 aliphatic heterocycles. The quantitative estimate of drug-likeness (QED) is 0.188. The first-order valence-electron chi connectivity index (χ1n) is 15.6. The highest BCUT2D eigenvalue weighted by Gasteiger charge is 2.38. The number of hydrogen-bond acceptors (Lipinski definition) is 10. The van der Waals surface area contributed by atoms with E-state index in [-0.39, 0.29) is 38.0 Å². The van der Waals surface area contributed by atoms with Gasteiger partial charge in [-0.25, -0.2) is 9.59 Å². The minimum atomic E-state index is -2.37. The summed E-state index contributed by atoms with van der Waals surface area (Å²) in [5, 5.41) is 18.8. The second-order valence-corrected chi connectivity index (χ2v) is 18.8. The van der Waals surface area contributed by atoms with E-state index in [2.05, 4.69) is 13.8 Å². The van der Waals surface area contributed by atoms with Crippen LogP contribution in [0.15, 0.2) is 0 Å². The van der Waals surface area contributed by atoms with Crippen LogP contribution >= 0.6 is 0 Å². The molecule has 0 radical (unpaired) electrons. The number of ether oxygens (including phenoxy) is 2. The number of carbonyl (C=O) groups excluding carboxylic acids is 2. The predicted molar refractivity (Wildman–Crippen MR) is 162 cm³/mol. The fraction of sp³-hybridized carbons (Fsp3) is 0.929. The molecular weight excluding hydrogens is 580 g/mol. The van der Waals surface area contributed by atoms with Crippen molar-refractivity contribution >= 4 is 29.3 Å². The summed E-state index contributed by atoms with van der Waals surface area (Å²) in [4.78, 5) is 29.7. The van der Waals surface area contributed by atoms with Gasteiger partial charge in [0.05, 0.1) is 0 Å². The van der Waals surface area contributed by atoms with Gasteiger partial charge in [0.2, 0.25) is 0 Å². The van der Waals surface area contributed by atoms with Crippen molar-refractivity contribution in [3.63, 3.8) is 0 Å². The molecule has 2 amide bonds. The molecule has 2 N–H and O–H groups in total. The first-order chi connectivity index (χ1) is 19.8. The van der Waals surface area contributed by atoms with Gasteiger partial charge in [0.25, 0.3) is 0 Å². The fourth-order valence-corrected chi connectivity index (χ4v) is 10.3. The van der Waals surface area contributed by atoms with Crippen LogP contribution in [0.1, 0.15) is 66.7 Å². The van der Waals surface area contributed by atoms with Gasteiger partial charge >= 0.3 is 29.3 Å². The van der Waals surface area contributed by atoms with Crippen LogP contribution < -0.4 is 0 Å². The highest BCUT2D eigenvalue weighted by molar-refractivity contribution is 6.66. The van der Waals surface area contributed by atoms with Gasteiger partial charge in [0.15, 0.2) is 0 Å². The van der Waals surface area contributed by atoms with Crippen molar-refractivity contribution in [3.05, 3.63) is 0 Å². The normalized spacial score (nSPS) is 28.4. The van der Waals surface area contributed by atoms with Crippen molar-refractivity contribution in [1.82, 2.24) is 9.80 Å². The van der Waals surface area contributed by atoms with E-state index >= 15 is 0 Å². The molecule has 12 nitrogen and oxygen atoms in total. The largest absolute Gasteiger partial charge is 0.446 e. The zero-order valence-corrected chi connectivity index (χ0v) is 28.8. The van der Waals surface area contributed by atoms with E-state index in [1.54, 1.807) is 20.8 Å². The lowest BCUT2D eigenvalue weighted by Gasteiger charge is -2.37. The summed E-state index contributed by atoms with van der Waals surface area (Å²) in [7, 11) is -4.73. The van der Waals surface area contributed by atoms with Gasteiger partial charge in [0, 0.05) is 64.1 Å². The van der Waals surface area contributed by atoms with Gasteiger partial charge in [-0.3, -0.25) is 9.80 Å². The molecular formula is C28H56N2O10Si2. The van der Waals surface area contributed by atoms with E-state index in [0.29, 0.717) is 57.7 Å². The van der Waals surface area contributed by atoms with Crippen molar-refractivity contribution < 1.29 is 47.0 Å². The van der Waals surface area contributed by atoms with Crippen LogP contribution in [0, 0.1) is 5.92 Å². The monoisotopic (exact) mass is 636 g/mol. The number of nitrogens with zero attached hydrogens (tertiary/aromatic N) is 2. The minimum Gasteiger partial charge on any atom is -0.446 e. The summed E-state index contributed by atoms with van der Waals surface area (Å²) >= 11 is 0. The predicted octanol–water partition coefficient (Wildman–Crippen LogP) is 4.18. The van der Waals surface area contributed by atoms with Gasteiger partial charge in [-0.2, -0.15) is 0 Å². The fourth-order valence-electron chi connectivity index (χ4n) is 4.99. The summed E-state index contributed by atoms with van der Waals surface area (Å²) in [6, 6.07) is 1.39. The Morgan fingerprint density at radius 1 is 0.857 bits per heavy atom. The molecule has 0 aromatic carbocycles. The number of aliphatic hydroxyl groups is 2. The number of aliphatic hydroxyl groups excluding tert-OH is 2. The Labute approximate surface area is 254 Å². The molecule has 2 saturated heterocycles. The van der Waals surface area contributed by atoms with Crippen LogP contribution in [0.3, 0.4) is 0 Å². The molecule has 2 rings (SSSR count). The first kappa shape index (κ1) is 36.9. The SMILES string of the molecule is CC(CCO)OC(=O)N(CCC[Si]1(C)OCCC(C)O1)CN(CCC[Si]1(C)OCCC(C)O1)C(=O)OC(C)C(C)CO. The van der Waals surface area contributed by atoms with Crippen LogP contribution in [0.4, 0.5) is 9.59 Å². The van der Waals surface area contributed by atoms with Crippen molar-refractivity contribution in [2.45, 2.75) is 116 Å². The average molecular weight is 637 g/mol. The Kier molecular flexibility index (Phi) is 15.7. The van der Waals surface area contributed by atoms with Gasteiger partial charge in [-0.15, -0.1) is 0 Å². The van der Waals surface area contributed by atoms with Crippen molar-refractivity contribution in [2.75, 3.05) is 46.2 Å². The van der Waals surface area contributed by atoms with E-state index in [1.807, 2.05) is 13.1 Å². The van der Waals surface area contributed by atoms with E-state index in [0.717, 1.165) is 12.8 Å². The summed E-state index contributed by atoms with van der Waals surface area (Å²) in [5.41, 5.74) is 0. The maximum Gasteiger partial charge on any atom is 0.411 e. The molecule has 0 spiro atoms. The lowest BCUT2D eigenvalue weighted by atomic mass is 10.1. The highest BCUT2D eigenvalue weighted by atomic mass is 28.4. The molecule has 2 heterocycles. The standard InChI is InChI=1S/C28H56N2O10Si2/c1-22(20-32)26(5)38-28(34)30(14-9-19-42(7)36-17-12-25(4)40-42)21-29(27(33)37-23(2)10-15-31)13-8-18-41(6)35-16-11-24(3)39-41/h22-26,31-32H,8-21H2,1-7H3. The average Bonchev–Trinajstić information content (AvgIpc) is 2.90. The topological polar surface area (TPSA) is 136 Å². The third kappa shape index (κ3) is 12.8. The third-order valence-corrected chi connectivity index (χ3v) is 13.9. The van der Waals surface area contributed by atoms with Crippen molar-refractivity contribution in [1.29, 1.82) is 0 Å². The van der Waals surface area contributed by atoms with Crippen molar-refractivity contribution in [3.8, 4) is 0 Å². The molecule has 0 bridgehead atoms. The number of rotatable bonds is 16. The zero-order chi connectivity index (χ0) is 31.3. The minimum absolute atomic E-state index is 0.0312. The molecule has 246 valence electrons. The van der Waals surface area contributed by atoms with E-state index < -0.39 is 41.5 Å². The van der Waals surface area contributed by atoms with Gasteiger partial charge < -0.3 is 37.4 Å². The lowest BCUT2D eigenvalue weighted by Crippen LogP contribution is -2.49. The van der Waals surface area contributed by atoms with E-state index in [9.17, 15) is 19.8 Å². The molecule has 0 aromatic rings. The Bertz CT molecular complexity index is 830. The summed E-state index contributed by atoms with van der Waals surface area (Å²) in [6.45, 7) is 15.2. The van der Waals surface area contributed by atoms with Crippen LogP contribution in [0.2, 0.25) is 25.2 Å². The summed E-state index contributed by atoms with van der Waals surface area (Å²) in [5.74, 6) is -0.239. The Morgan fingerprint density at radius 3 is 1.76 bits per heavy atom. The second kappa shape index (κ2) is 17.9. The van der Waals surface area contributed by atoms with Gasteiger partial charge in [-0.1, -0.05) is 6.92 Å². The van der Waals surface area contributed by atoms with E-state index in [1.165, 1.54) is 9.80 Å². The Balaban J connectivity index is 2.15. The molecule has 7 unspecified atom stereocenters. The van der Waals surface area contributed by atoms with Gasteiger partial charge in [0.1, 0.15) is 18.9 Å². The highest BCUT2D eigenvalue weighted by Crippen LogP contribution is 2.26. The molecule has 7 atom stereocenters. The Hall–Kier alpha value is -1.27. The lowest BCUT2D eigenvalue weighted by molar-refractivity contribution is 0.0127.